The quantitative estimate of drug-likeness (QED) is 0.539. The average Bonchev–Trinajstić information content (AvgIpc) is 2.12. The Labute approximate surface area is 46.6 Å². The number of hydrogen-bond acceptors (Lipinski definition) is 2. The molecule has 0 saturated heterocycles. The van der Waals surface area contributed by atoms with E-state index >= 15 is 0 Å². The van der Waals surface area contributed by atoms with Crippen molar-refractivity contribution < 1.29 is 14.6 Å². The molecular weight excluding hydrogens is 108 g/mol. The minimum Gasteiger partial charge on any atom is -0.478 e. The molecule has 0 amide bonds. The van der Waals surface area contributed by atoms with Crippen LogP contribution in [0.2, 0.25) is 0 Å². The van der Waals surface area contributed by atoms with E-state index in [0.29, 0.717) is 6.42 Å². The molecule has 0 spiro atoms. The van der Waals surface area contributed by atoms with Gasteiger partial charge in [0, 0.05) is 6.42 Å². The second-order valence-electron chi connectivity index (χ2n) is 1.42. The van der Waals surface area contributed by atoms with E-state index in [1.54, 1.807) is 6.08 Å². The van der Waals surface area contributed by atoms with E-state index in [1.165, 1.54) is 6.26 Å². The highest BCUT2D eigenvalue weighted by Gasteiger charge is 2.21. The summed E-state index contributed by atoms with van der Waals surface area (Å²) in [7, 11) is 0. The maximum Gasteiger partial charge on any atom is 0.353 e. The molecule has 1 radical (unpaired) electrons. The van der Waals surface area contributed by atoms with Gasteiger partial charge in [0.1, 0.15) is 0 Å². The maximum atomic E-state index is 10.00. The van der Waals surface area contributed by atoms with Crippen molar-refractivity contribution in [3.05, 3.63) is 18.4 Å². The fourth-order valence-corrected chi connectivity index (χ4v) is 0.471. The zero-order valence-corrected chi connectivity index (χ0v) is 4.13. The molecule has 0 bridgehead atoms. The molecule has 43 valence electrons. The smallest absolute Gasteiger partial charge is 0.353 e. The summed E-state index contributed by atoms with van der Waals surface area (Å²) in [6.07, 6.45) is 3.55. The van der Waals surface area contributed by atoms with Gasteiger partial charge in [-0.05, 0) is 6.08 Å². The van der Waals surface area contributed by atoms with E-state index < -0.39 is 5.97 Å². The van der Waals surface area contributed by atoms with Crippen LogP contribution < -0.4 is 0 Å². The Morgan fingerprint density at radius 3 is 2.88 bits per heavy atom. The summed E-state index contributed by atoms with van der Waals surface area (Å²) >= 11 is 0. The second kappa shape index (κ2) is 1.86. The molecule has 3 nitrogen and oxygen atoms in total. The number of hydrogen-bond donors (Lipinski definition) is 1. The molecule has 0 fully saturated rings. The van der Waals surface area contributed by atoms with Gasteiger partial charge >= 0.3 is 5.97 Å². The van der Waals surface area contributed by atoms with Crippen LogP contribution in [0.5, 0.6) is 0 Å². The third-order valence-corrected chi connectivity index (χ3v) is 0.848. The standard InChI is InChI=1S/C5H5O3/c6-5(7)4-2-1-3-8-4/h1,3H,2H2,(H,6,7). The third kappa shape index (κ3) is 0.804. The van der Waals surface area contributed by atoms with Gasteiger partial charge < -0.3 is 9.84 Å². The molecule has 1 aliphatic heterocycles. The van der Waals surface area contributed by atoms with E-state index in [2.05, 4.69) is 4.74 Å². The highest BCUT2D eigenvalue weighted by atomic mass is 16.5. The Bertz CT molecular complexity index is 120. The van der Waals surface area contributed by atoms with Gasteiger partial charge in [-0.2, -0.15) is 0 Å². The molecule has 0 aromatic rings. The molecule has 3 heteroatoms. The molecule has 0 atom stereocenters. The molecule has 0 saturated carbocycles. The number of carboxylic acids is 1. The van der Waals surface area contributed by atoms with E-state index in [0.717, 1.165) is 0 Å². The zero-order chi connectivity index (χ0) is 5.98. The lowest BCUT2D eigenvalue weighted by Crippen LogP contribution is -2.07. The van der Waals surface area contributed by atoms with Gasteiger partial charge in [0.15, 0.2) is 0 Å². The van der Waals surface area contributed by atoms with Crippen molar-refractivity contribution in [3.8, 4) is 0 Å². The van der Waals surface area contributed by atoms with Gasteiger partial charge in [0.25, 0.3) is 6.10 Å². The fraction of sp³-hybridized carbons (Fsp3) is 0.200. The summed E-state index contributed by atoms with van der Waals surface area (Å²) in [6.45, 7) is 0. The molecule has 0 aliphatic carbocycles. The number of rotatable bonds is 1. The van der Waals surface area contributed by atoms with Crippen LogP contribution in [0.4, 0.5) is 0 Å². The van der Waals surface area contributed by atoms with E-state index in [-0.39, 0.29) is 6.10 Å². The summed E-state index contributed by atoms with van der Waals surface area (Å²) in [6, 6.07) is 0. The van der Waals surface area contributed by atoms with E-state index in [1.807, 2.05) is 0 Å². The summed E-state index contributed by atoms with van der Waals surface area (Å²) < 4.78 is 4.55. The van der Waals surface area contributed by atoms with Gasteiger partial charge in [-0.1, -0.05) is 0 Å². The van der Waals surface area contributed by atoms with Gasteiger partial charge in [-0.25, -0.2) is 4.79 Å². The summed E-state index contributed by atoms with van der Waals surface area (Å²) in [5, 5.41) is 8.21. The molecule has 1 N–H and O–H groups in total. The molecule has 0 aromatic carbocycles. The molecule has 0 unspecified atom stereocenters. The zero-order valence-electron chi connectivity index (χ0n) is 4.13. The minimum atomic E-state index is -0.977. The molecule has 1 aliphatic rings. The molecular formula is C5H5O3. The summed E-state index contributed by atoms with van der Waals surface area (Å²) in [5.41, 5.74) is 0. The highest BCUT2D eigenvalue weighted by molar-refractivity contribution is 5.81. The van der Waals surface area contributed by atoms with Crippen LogP contribution in [0.15, 0.2) is 12.3 Å². The average molecular weight is 113 g/mol. The largest absolute Gasteiger partial charge is 0.478 e. The Balaban J connectivity index is 2.41. The van der Waals surface area contributed by atoms with Crippen LogP contribution in [0.3, 0.4) is 0 Å². The predicted octanol–water partition coefficient (Wildman–Crippen LogP) is 0.537. The van der Waals surface area contributed by atoms with Crippen LogP contribution >= 0.6 is 0 Å². The van der Waals surface area contributed by atoms with Crippen molar-refractivity contribution in [1.82, 2.24) is 0 Å². The first kappa shape index (κ1) is 5.15. The van der Waals surface area contributed by atoms with Crippen molar-refractivity contribution in [2.45, 2.75) is 6.42 Å². The Morgan fingerprint density at radius 1 is 1.88 bits per heavy atom. The first-order valence-electron chi connectivity index (χ1n) is 2.21. The van der Waals surface area contributed by atoms with E-state index in [9.17, 15) is 4.79 Å². The summed E-state index contributed by atoms with van der Waals surface area (Å²) in [5.74, 6) is -0.977. The van der Waals surface area contributed by atoms with Crippen molar-refractivity contribution in [3.63, 3.8) is 0 Å². The van der Waals surface area contributed by atoms with Crippen LogP contribution in [0, 0.1) is 6.10 Å². The minimum absolute atomic E-state index is 0.102. The summed E-state index contributed by atoms with van der Waals surface area (Å²) in [4.78, 5) is 10.00. The molecule has 1 heterocycles. The van der Waals surface area contributed by atoms with Crippen LogP contribution in [0.25, 0.3) is 0 Å². The van der Waals surface area contributed by atoms with Crippen LogP contribution in [-0.4, -0.2) is 11.1 Å². The van der Waals surface area contributed by atoms with Crippen LogP contribution in [0.1, 0.15) is 6.42 Å². The van der Waals surface area contributed by atoms with Crippen molar-refractivity contribution >= 4 is 5.97 Å². The SMILES string of the molecule is O=C(O)[C]1CC=CO1. The van der Waals surface area contributed by atoms with Crippen molar-refractivity contribution in [2.75, 3.05) is 0 Å². The lowest BCUT2D eigenvalue weighted by atomic mass is 10.3. The van der Waals surface area contributed by atoms with Gasteiger partial charge in [-0.3, -0.25) is 0 Å². The molecule has 8 heavy (non-hydrogen) atoms. The number of carboxylic acid groups (broad SMARTS) is 1. The van der Waals surface area contributed by atoms with Crippen molar-refractivity contribution in [1.29, 1.82) is 0 Å². The lowest BCUT2D eigenvalue weighted by Gasteiger charge is -1.98. The van der Waals surface area contributed by atoms with Gasteiger partial charge in [0.2, 0.25) is 0 Å². The fourth-order valence-electron chi connectivity index (χ4n) is 0.471. The normalized spacial score (nSPS) is 18.5. The second-order valence-corrected chi connectivity index (χ2v) is 1.42. The maximum absolute atomic E-state index is 10.00. The first-order valence-corrected chi connectivity index (χ1v) is 2.21. The first-order chi connectivity index (χ1) is 3.80. The molecule has 0 aromatic heterocycles. The lowest BCUT2D eigenvalue weighted by molar-refractivity contribution is -0.139. The number of aliphatic carboxylic acids is 1. The Kier molecular flexibility index (Phi) is 1.20. The number of ether oxygens (including phenoxy) is 1. The van der Waals surface area contributed by atoms with Gasteiger partial charge in [-0.15, -0.1) is 0 Å². The Hall–Kier alpha value is -0.990. The highest BCUT2D eigenvalue weighted by Crippen LogP contribution is 2.15. The predicted molar refractivity (Wildman–Crippen MR) is 25.7 cm³/mol. The van der Waals surface area contributed by atoms with Gasteiger partial charge in [0.05, 0.1) is 6.26 Å². The van der Waals surface area contributed by atoms with Crippen LogP contribution in [-0.2, 0) is 9.53 Å². The monoisotopic (exact) mass is 113 g/mol. The Morgan fingerprint density at radius 2 is 2.62 bits per heavy atom. The topological polar surface area (TPSA) is 46.5 Å². The third-order valence-electron chi connectivity index (χ3n) is 0.848. The van der Waals surface area contributed by atoms with E-state index in [4.69, 9.17) is 5.11 Å². The molecule has 1 rings (SSSR count). The number of carbonyl (C=O) groups is 1. The van der Waals surface area contributed by atoms with Crippen molar-refractivity contribution in [2.24, 2.45) is 0 Å².